The molecule has 0 aliphatic carbocycles. The number of benzene rings is 1. The average Bonchev–Trinajstić information content (AvgIpc) is 2.64. The minimum atomic E-state index is -0.433. The van der Waals surface area contributed by atoms with E-state index in [1.54, 1.807) is 12.1 Å². The summed E-state index contributed by atoms with van der Waals surface area (Å²) >= 11 is 5.72. The van der Waals surface area contributed by atoms with Crippen molar-refractivity contribution in [3.8, 4) is 11.3 Å². The molecule has 0 radical (unpaired) electrons. The first kappa shape index (κ1) is 11.1. The number of hydrogen-bond acceptors (Lipinski definition) is 2. The van der Waals surface area contributed by atoms with E-state index in [1.807, 2.05) is 6.92 Å². The van der Waals surface area contributed by atoms with Crippen LogP contribution in [-0.4, -0.2) is 9.97 Å². The Labute approximate surface area is 97.5 Å². The maximum absolute atomic E-state index is 13.0. The number of H-pyrrole nitrogens is 1. The van der Waals surface area contributed by atoms with Crippen LogP contribution in [0.1, 0.15) is 11.5 Å². The second-order valence-corrected chi connectivity index (χ2v) is 3.90. The molecule has 0 atom stereocenters. The van der Waals surface area contributed by atoms with Crippen molar-refractivity contribution < 1.29 is 4.39 Å². The molecule has 0 bridgehead atoms. The third-order valence-corrected chi connectivity index (χ3v) is 2.61. The van der Waals surface area contributed by atoms with E-state index in [0.717, 1.165) is 17.0 Å². The normalized spacial score (nSPS) is 10.8. The van der Waals surface area contributed by atoms with Gasteiger partial charge in [-0.15, -0.1) is 0 Å². The maximum atomic E-state index is 13.0. The quantitative estimate of drug-likeness (QED) is 0.847. The zero-order chi connectivity index (χ0) is 11.7. The van der Waals surface area contributed by atoms with Crippen LogP contribution in [0.15, 0.2) is 18.2 Å². The van der Waals surface area contributed by atoms with Gasteiger partial charge in [0.05, 0.1) is 17.3 Å². The first-order chi connectivity index (χ1) is 7.61. The summed E-state index contributed by atoms with van der Waals surface area (Å²) in [5, 5.41) is 0.0919. The molecule has 84 valence electrons. The molecule has 0 fully saturated rings. The van der Waals surface area contributed by atoms with Gasteiger partial charge in [-0.3, -0.25) is 0 Å². The van der Waals surface area contributed by atoms with E-state index in [1.165, 1.54) is 6.07 Å². The van der Waals surface area contributed by atoms with Gasteiger partial charge in [-0.25, -0.2) is 9.37 Å². The number of imidazole rings is 1. The summed E-state index contributed by atoms with van der Waals surface area (Å²) in [4.78, 5) is 7.36. The molecule has 0 unspecified atom stereocenters. The van der Waals surface area contributed by atoms with Crippen LogP contribution >= 0.6 is 11.6 Å². The standard InChI is InChI=1S/C11H11ClFN3/c1-6-11(16-10(5-14)15-6)7-2-3-9(13)8(12)4-7/h2-4H,5,14H2,1H3,(H,15,16). The van der Waals surface area contributed by atoms with Gasteiger partial charge in [-0.2, -0.15) is 0 Å². The van der Waals surface area contributed by atoms with Crippen molar-refractivity contribution in [2.45, 2.75) is 13.5 Å². The number of halogens is 2. The van der Waals surface area contributed by atoms with E-state index in [9.17, 15) is 4.39 Å². The minimum Gasteiger partial charge on any atom is -0.344 e. The van der Waals surface area contributed by atoms with Crippen molar-refractivity contribution >= 4 is 11.6 Å². The van der Waals surface area contributed by atoms with Gasteiger partial charge in [0.15, 0.2) is 0 Å². The molecule has 3 nitrogen and oxygen atoms in total. The SMILES string of the molecule is Cc1[nH]c(CN)nc1-c1ccc(F)c(Cl)c1. The van der Waals surface area contributed by atoms with Gasteiger partial charge in [-0.1, -0.05) is 11.6 Å². The molecule has 0 aliphatic rings. The highest BCUT2D eigenvalue weighted by Gasteiger charge is 2.10. The highest BCUT2D eigenvalue weighted by atomic mass is 35.5. The third-order valence-electron chi connectivity index (χ3n) is 2.32. The molecule has 3 N–H and O–H groups in total. The fourth-order valence-corrected chi connectivity index (χ4v) is 1.72. The molecule has 1 aromatic carbocycles. The first-order valence-corrected chi connectivity index (χ1v) is 5.20. The summed E-state index contributed by atoms with van der Waals surface area (Å²) in [6, 6.07) is 4.53. The molecule has 0 saturated heterocycles. The van der Waals surface area contributed by atoms with Crippen LogP contribution in [0, 0.1) is 12.7 Å². The van der Waals surface area contributed by atoms with Crippen molar-refractivity contribution in [2.75, 3.05) is 0 Å². The number of nitrogens with one attached hydrogen (secondary N) is 1. The van der Waals surface area contributed by atoms with Gasteiger partial charge in [0, 0.05) is 11.3 Å². The summed E-state index contributed by atoms with van der Waals surface area (Å²) in [7, 11) is 0. The van der Waals surface area contributed by atoms with Gasteiger partial charge in [0.25, 0.3) is 0 Å². The zero-order valence-electron chi connectivity index (χ0n) is 8.72. The van der Waals surface area contributed by atoms with Gasteiger partial charge >= 0.3 is 0 Å². The molecular formula is C11H11ClFN3. The molecule has 0 amide bonds. The number of nitrogens with zero attached hydrogens (tertiary/aromatic N) is 1. The van der Waals surface area contributed by atoms with Crippen LogP contribution in [0.4, 0.5) is 4.39 Å². The van der Waals surface area contributed by atoms with Crippen molar-refractivity contribution in [3.63, 3.8) is 0 Å². The molecule has 1 aromatic heterocycles. The van der Waals surface area contributed by atoms with Crippen molar-refractivity contribution in [1.82, 2.24) is 9.97 Å². The summed E-state index contributed by atoms with van der Waals surface area (Å²) in [6.07, 6.45) is 0. The molecule has 0 aliphatic heterocycles. The second-order valence-electron chi connectivity index (χ2n) is 3.49. The van der Waals surface area contributed by atoms with Crippen LogP contribution in [0.5, 0.6) is 0 Å². The number of aromatic nitrogens is 2. The maximum Gasteiger partial charge on any atom is 0.141 e. The molecular weight excluding hydrogens is 229 g/mol. The van der Waals surface area contributed by atoms with Gasteiger partial charge < -0.3 is 10.7 Å². The van der Waals surface area contributed by atoms with Gasteiger partial charge in [-0.05, 0) is 25.1 Å². The lowest BCUT2D eigenvalue weighted by atomic mass is 10.1. The Morgan fingerprint density at radius 2 is 2.25 bits per heavy atom. The lowest BCUT2D eigenvalue weighted by Gasteiger charge is -2.00. The Balaban J connectivity index is 2.49. The van der Waals surface area contributed by atoms with E-state index >= 15 is 0 Å². The topological polar surface area (TPSA) is 54.7 Å². The molecule has 1 heterocycles. The van der Waals surface area contributed by atoms with Gasteiger partial charge in [0.2, 0.25) is 0 Å². The van der Waals surface area contributed by atoms with Crippen LogP contribution in [0.3, 0.4) is 0 Å². The first-order valence-electron chi connectivity index (χ1n) is 4.83. The number of hydrogen-bond donors (Lipinski definition) is 2. The predicted octanol–water partition coefficient (Wildman–Crippen LogP) is 2.64. The molecule has 5 heteroatoms. The lowest BCUT2D eigenvalue weighted by Crippen LogP contribution is -1.97. The summed E-state index contributed by atoms with van der Waals surface area (Å²) in [5.74, 6) is 0.269. The van der Waals surface area contributed by atoms with Crippen LogP contribution in [-0.2, 0) is 6.54 Å². The summed E-state index contributed by atoms with van der Waals surface area (Å²) in [5.41, 5.74) is 7.91. The monoisotopic (exact) mass is 239 g/mol. The van der Waals surface area contributed by atoms with Crippen LogP contribution in [0.2, 0.25) is 5.02 Å². The van der Waals surface area contributed by atoms with Crippen LogP contribution < -0.4 is 5.73 Å². The Bertz CT molecular complexity index is 522. The third kappa shape index (κ3) is 1.94. The Morgan fingerprint density at radius 3 is 2.81 bits per heavy atom. The average molecular weight is 240 g/mol. The van der Waals surface area contributed by atoms with E-state index in [4.69, 9.17) is 17.3 Å². The fraction of sp³-hybridized carbons (Fsp3) is 0.182. The second kappa shape index (κ2) is 4.23. The molecule has 2 aromatic rings. The Morgan fingerprint density at radius 1 is 1.50 bits per heavy atom. The van der Waals surface area contributed by atoms with E-state index in [-0.39, 0.29) is 5.02 Å². The smallest absolute Gasteiger partial charge is 0.141 e. The predicted molar refractivity (Wildman–Crippen MR) is 61.6 cm³/mol. The van der Waals surface area contributed by atoms with E-state index < -0.39 is 5.82 Å². The van der Waals surface area contributed by atoms with E-state index in [2.05, 4.69) is 9.97 Å². The highest BCUT2D eigenvalue weighted by Crippen LogP contribution is 2.25. The Kier molecular flexibility index (Phi) is 2.94. The molecule has 0 spiro atoms. The molecule has 16 heavy (non-hydrogen) atoms. The van der Waals surface area contributed by atoms with Gasteiger partial charge in [0.1, 0.15) is 11.6 Å². The number of rotatable bonds is 2. The lowest BCUT2D eigenvalue weighted by molar-refractivity contribution is 0.628. The summed E-state index contributed by atoms with van der Waals surface area (Å²) in [6.45, 7) is 2.23. The van der Waals surface area contributed by atoms with Crippen LogP contribution in [0.25, 0.3) is 11.3 Å². The summed E-state index contributed by atoms with van der Waals surface area (Å²) < 4.78 is 13.0. The Hall–Kier alpha value is -1.39. The minimum absolute atomic E-state index is 0.0919. The number of aryl methyl sites for hydroxylation is 1. The fourth-order valence-electron chi connectivity index (χ4n) is 1.54. The van der Waals surface area contributed by atoms with Crippen molar-refractivity contribution in [2.24, 2.45) is 5.73 Å². The zero-order valence-corrected chi connectivity index (χ0v) is 9.48. The molecule has 2 rings (SSSR count). The number of aromatic amines is 1. The van der Waals surface area contributed by atoms with E-state index in [0.29, 0.717) is 12.4 Å². The largest absolute Gasteiger partial charge is 0.344 e. The number of nitrogens with two attached hydrogens (primary N) is 1. The molecule has 0 saturated carbocycles. The van der Waals surface area contributed by atoms with Crippen molar-refractivity contribution in [3.05, 3.63) is 40.6 Å². The van der Waals surface area contributed by atoms with Crippen molar-refractivity contribution in [1.29, 1.82) is 0 Å². The highest BCUT2D eigenvalue weighted by molar-refractivity contribution is 6.31.